The first-order valence-corrected chi connectivity index (χ1v) is 10.4. The van der Waals surface area contributed by atoms with Crippen LogP contribution in [0.5, 0.6) is 0 Å². The Bertz CT molecular complexity index is 556. The molecular formula is C21H36N2O3. The Labute approximate surface area is 158 Å². The molecule has 0 aromatic carbocycles. The number of rotatable bonds is 1. The maximum Gasteiger partial charge on any atom is 0.410 e. The van der Waals surface area contributed by atoms with E-state index in [0.717, 1.165) is 25.8 Å². The number of amides is 2. The molecule has 3 aliphatic rings. The van der Waals surface area contributed by atoms with Gasteiger partial charge in [0.25, 0.3) is 0 Å². The van der Waals surface area contributed by atoms with E-state index in [9.17, 15) is 9.59 Å². The predicted molar refractivity (Wildman–Crippen MR) is 102 cm³/mol. The van der Waals surface area contributed by atoms with Gasteiger partial charge in [0.15, 0.2) is 0 Å². The Hall–Kier alpha value is -1.26. The molecule has 5 heteroatoms. The quantitative estimate of drug-likeness (QED) is 0.769. The molecule has 3 rings (SSSR count). The fraction of sp³-hybridized carbons (Fsp3) is 0.905. The molecule has 0 aromatic rings. The van der Waals surface area contributed by atoms with Crippen LogP contribution in [-0.2, 0) is 9.53 Å². The minimum Gasteiger partial charge on any atom is -0.444 e. The molecule has 0 aromatic heterocycles. The second-order valence-corrected chi connectivity index (χ2v) is 9.94. The number of hydrogen-bond acceptors (Lipinski definition) is 3. The first kappa shape index (κ1) is 19.5. The van der Waals surface area contributed by atoms with Crippen LogP contribution in [0.3, 0.4) is 0 Å². The van der Waals surface area contributed by atoms with E-state index in [2.05, 4.69) is 19.2 Å². The maximum atomic E-state index is 12.8. The number of fused-ring (bicyclic) bond motifs is 3. The van der Waals surface area contributed by atoms with Crippen LogP contribution < -0.4 is 5.32 Å². The van der Waals surface area contributed by atoms with Crippen molar-refractivity contribution in [3.8, 4) is 0 Å². The summed E-state index contributed by atoms with van der Waals surface area (Å²) in [4.78, 5) is 27.3. The van der Waals surface area contributed by atoms with Crippen LogP contribution in [0, 0.1) is 29.1 Å². The Morgan fingerprint density at radius 1 is 1.31 bits per heavy atom. The summed E-state index contributed by atoms with van der Waals surface area (Å²) in [6.07, 6.45) is 5.40. The minimum absolute atomic E-state index is 0.0936. The van der Waals surface area contributed by atoms with Crippen molar-refractivity contribution in [1.82, 2.24) is 10.2 Å². The lowest BCUT2D eigenvalue weighted by Gasteiger charge is -2.43. The summed E-state index contributed by atoms with van der Waals surface area (Å²) in [6.45, 7) is 12.5. The van der Waals surface area contributed by atoms with Crippen molar-refractivity contribution in [2.45, 2.75) is 72.3 Å². The van der Waals surface area contributed by atoms with Crippen molar-refractivity contribution in [2.24, 2.45) is 29.1 Å². The van der Waals surface area contributed by atoms with Gasteiger partial charge >= 0.3 is 6.09 Å². The van der Waals surface area contributed by atoms with Gasteiger partial charge in [-0.25, -0.2) is 4.79 Å². The molecule has 0 spiro atoms. The summed E-state index contributed by atoms with van der Waals surface area (Å²) >= 11 is 0. The monoisotopic (exact) mass is 364 g/mol. The summed E-state index contributed by atoms with van der Waals surface area (Å²) < 4.78 is 5.62. The molecule has 26 heavy (non-hydrogen) atoms. The van der Waals surface area contributed by atoms with E-state index >= 15 is 0 Å². The van der Waals surface area contributed by atoms with Crippen LogP contribution in [0.15, 0.2) is 0 Å². The summed E-state index contributed by atoms with van der Waals surface area (Å²) in [5.74, 6) is 1.42. The highest BCUT2D eigenvalue weighted by molar-refractivity contribution is 5.79. The molecule has 3 fully saturated rings. The first-order valence-electron chi connectivity index (χ1n) is 10.4. The lowest BCUT2D eigenvalue weighted by molar-refractivity contribution is -0.128. The molecule has 5 unspecified atom stereocenters. The molecule has 5 nitrogen and oxygen atoms in total. The van der Waals surface area contributed by atoms with Crippen LogP contribution in [0.1, 0.15) is 66.7 Å². The van der Waals surface area contributed by atoms with E-state index in [1.807, 2.05) is 25.7 Å². The number of ether oxygens (including phenoxy) is 1. The molecule has 2 heterocycles. The van der Waals surface area contributed by atoms with Gasteiger partial charge < -0.3 is 15.0 Å². The maximum absolute atomic E-state index is 12.8. The van der Waals surface area contributed by atoms with Gasteiger partial charge in [0, 0.05) is 25.6 Å². The molecule has 2 saturated heterocycles. The number of likely N-dealkylation sites (tertiary alicyclic amines) is 1. The number of carbonyl (C=O) groups excluding carboxylic acids is 2. The molecule has 0 bridgehead atoms. The Kier molecular flexibility index (Phi) is 5.28. The second kappa shape index (κ2) is 7.05. The minimum atomic E-state index is -0.473. The summed E-state index contributed by atoms with van der Waals surface area (Å²) in [5.41, 5.74) is -0.297. The van der Waals surface area contributed by atoms with Crippen LogP contribution in [0.4, 0.5) is 4.79 Å². The van der Waals surface area contributed by atoms with Gasteiger partial charge in [-0.1, -0.05) is 33.1 Å². The zero-order valence-electron chi connectivity index (χ0n) is 17.1. The number of nitrogens with zero attached hydrogens (tertiary/aromatic N) is 1. The average Bonchev–Trinajstić information content (AvgIpc) is 2.82. The predicted octanol–water partition coefficient (Wildman–Crippen LogP) is 3.82. The highest BCUT2D eigenvalue weighted by Crippen LogP contribution is 2.52. The Balaban J connectivity index is 1.87. The summed E-state index contributed by atoms with van der Waals surface area (Å²) in [6, 6.07) is 0. The summed E-state index contributed by atoms with van der Waals surface area (Å²) in [7, 11) is 0. The topological polar surface area (TPSA) is 58.6 Å². The van der Waals surface area contributed by atoms with E-state index in [1.54, 1.807) is 0 Å². The van der Waals surface area contributed by atoms with Gasteiger partial charge in [-0.05, 0) is 56.8 Å². The van der Waals surface area contributed by atoms with E-state index in [0.29, 0.717) is 30.8 Å². The third kappa shape index (κ3) is 3.72. The van der Waals surface area contributed by atoms with Crippen molar-refractivity contribution in [2.75, 3.05) is 19.6 Å². The van der Waals surface area contributed by atoms with E-state index < -0.39 is 5.60 Å². The van der Waals surface area contributed by atoms with Crippen molar-refractivity contribution < 1.29 is 14.3 Å². The lowest BCUT2D eigenvalue weighted by Crippen LogP contribution is -2.43. The van der Waals surface area contributed by atoms with E-state index in [-0.39, 0.29) is 23.3 Å². The SMILES string of the molecule is CCC1(C)CCCCC2C(=O)NCC3CN(C(=O)OC(C)(C)C)CC3C21. The molecule has 148 valence electrons. The first-order chi connectivity index (χ1) is 12.1. The number of nitrogens with one attached hydrogen (secondary N) is 1. The van der Waals surface area contributed by atoms with Crippen LogP contribution in [0.25, 0.3) is 0 Å². The largest absolute Gasteiger partial charge is 0.444 e. The van der Waals surface area contributed by atoms with Crippen molar-refractivity contribution >= 4 is 12.0 Å². The van der Waals surface area contributed by atoms with Gasteiger partial charge in [0.2, 0.25) is 5.91 Å². The molecule has 2 amide bonds. The van der Waals surface area contributed by atoms with Crippen molar-refractivity contribution in [1.29, 1.82) is 0 Å². The zero-order chi connectivity index (χ0) is 19.1. The average molecular weight is 365 g/mol. The number of carbonyl (C=O) groups is 2. The molecule has 1 aliphatic carbocycles. The summed E-state index contributed by atoms with van der Waals surface area (Å²) in [5, 5.41) is 3.19. The molecule has 2 aliphatic heterocycles. The van der Waals surface area contributed by atoms with Crippen LogP contribution >= 0.6 is 0 Å². The highest BCUT2D eigenvalue weighted by atomic mass is 16.6. The number of hydrogen-bond donors (Lipinski definition) is 1. The van der Waals surface area contributed by atoms with E-state index in [4.69, 9.17) is 4.74 Å². The fourth-order valence-corrected chi connectivity index (χ4v) is 5.60. The lowest BCUT2D eigenvalue weighted by atomic mass is 9.61. The van der Waals surface area contributed by atoms with Crippen molar-refractivity contribution in [3.05, 3.63) is 0 Å². The molecule has 1 saturated carbocycles. The standard InChI is InChI=1S/C21H36N2O3/c1-6-21(5)10-8-7-9-15-17(21)16-13-23(19(25)26-20(2,3)4)12-14(16)11-22-18(15)24/h14-17H,6-13H2,1-5H3,(H,22,24). The van der Waals surface area contributed by atoms with Gasteiger partial charge in [0.05, 0.1) is 0 Å². The Morgan fingerprint density at radius 2 is 2.04 bits per heavy atom. The van der Waals surface area contributed by atoms with E-state index in [1.165, 1.54) is 12.8 Å². The van der Waals surface area contributed by atoms with Crippen LogP contribution in [0.2, 0.25) is 0 Å². The van der Waals surface area contributed by atoms with Gasteiger partial charge in [-0.3, -0.25) is 4.79 Å². The van der Waals surface area contributed by atoms with Gasteiger partial charge in [-0.2, -0.15) is 0 Å². The molecule has 0 radical (unpaired) electrons. The fourth-order valence-electron chi connectivity index (χ4n) is 5.60. The zero-order valence-corrected chi connectivity index (χ0v) is 17.1. The second-order valence-electron chi connectivity index (χ2n) is 9.94. The molecule has 5 atom stereocenters. The van der Waals surface area contributed by atoms with Crippen LogP contribution in [-0.4, -0.2) is 42.1 Å². The third-order valence-electron chi connectivity index (χ3n) is 7.04. The Morgan fingerprint density at radius 3 is 2.69 bits per heavy atom. The normalized spacial score (nSPS) is 37.9. The smallest absolute Gasteiger partial charge is 0.410 e. The third-order valence-corrected chi connectivity index (χ3v) is 7.04. The molecular weight excluding hydrogens is 328 g/mol. The molecule has 1 N–H and O–H groups in total. The van der Waals surface area contributed by atoms with Gasteiger partial charge in [-0.15, -0.1) is 0 Å². The highest BCUT2D eigenvalue weighted by Gasteiger charge is 2.53. The van der Waals surface area contributed by atoms with Crippen molar-refractivity contribution in [3.63, 3.8) is 0 Å². The van der Waals surface area contributed by atoms with Gasteiger partial charge in [0.1, 0.15) is 5.60 Å².